The predicted octanol–water partition coefficient (Wildman–Crippen LogP) is 1.15. The molecule has 2 N–H and O–H groups in total. The zero-order chi connectivity index (χ0) is 13.5. The van der Waals surface area contributed by atoms with Crippen molar-refractivity contribution in [3.8, 4) is 5.75 Å². The maximum Gasteiger partial charge on any atom is 0.136 e. The van der Waals surface area contributed by atoms with E-state index >= 15 is 0 Å². The average molecular weight is 368 g/mol. The van der Waals surface area contributed by atoms with Crippen LogP contribution in [0.4, 0.5) is 10.5 Å². The lowest BCUT2D eigenvalue weighted by Crippen LogP contribution is -2.39. The molecule has 5 nitrogen and oxygen atoms in total. The van der Waals surface area contributed by atoms with Crippen LogP contribution in [0.25, 0.3) is 0 Å². The molecule has 0 saturated carbocycles. The lowest BCUT2D eigenvalue weighted by Gasteiger charge is -2.27. The number of carbonyl (C=O) groups excluding carboxylic acids is 1. The summed E-state index contributed by atoms with van der Waals surface area (Å²) in [7, 11) is 5.53. The van der Waals surface area contributed by atoms with Gasteiger partial charge in [-0.15, -0.1) is 24.0 Å². The van der Waals surface area contributed by atoms with Crippen LogP contribution in [0.15, 0.2) is 24.3 Å². The van der Waals surface area contributed by atoms with Crippen LogP contribution in [0, 0.1) is 0 Å². The first-order valence-electron chi connectivity index (χ1n) is 5.34. The van der Waals surface area contributed by atoms with Gasteiger partial charge in [0.2, 0.25) is 0 Å². The first-order chi connectivity index (χ1) is 7.83. The summed E-state index contributed by atoms with van der Waals surface area (Å²) in [4.78, 5) is 9.15. The molecule has 0 aliphatic carbocycles. The molecular formula is C12H21IN2O3. The molecule has 104 valence electrons. The third-order valence-corrected chi connectivity index (χ3v) is 2.52. The number of hydrogen-bond donors (Lipinski definition) is 2. The molecule has 0 heterocycles. The molecular weight excluding hydrogens is 347 g/mol. The molecule has 0 aromatic heterocycles. The van der Waals surface area contributed by atoms with E-state index in [1.165, 1.54) is 7.05 Å². The lowest BCUT2D eigenvalue weighted by molar-refractivity contribution is -0.250. The minimum Gasteiger partial charge on any atom is -0.530 e. The van der Waals surface area contributed by atoms with Crippen molar-refractivity contribution in [3.05, 3.63) is 24.3 Å². The molecule has 0 unspecified atom stereocenters. The van der Waals surface area contributed by atoms with E-state index in [1.807, 2.05) is 23.5 Å². The number of rotatable bonds is 2. The van der Waals surface area contributed by atoms with Crippen LogP contribution in [-0.4, -0.2) is 38.9 Å². The van der Waals surface area contributed by atoms with Gasteiger partial charge in [-0.2, -0.15) is 0 Å². The highest BCUT2D eigenvalue weighted by atomic mass is 127. The van der Waals surface area contributed by atoms with Crippen LogP contribution in [-0.2, 0) is 0 Å². The van der Waals surface area contributed by atoms with Crippen molar-refractivity contribution in [2.24, 2.45) is 0 Å². The summed E-state index contributed by atoms with van der Waals surface area (Å²) in [6, 6.07) is 7.41. The molecule has 6 heteroatoms. The number of halogens is 1. The Labute approximate surface area is 125 Å². The first-order valence-corrected chi connectivity index (χ1v) is 5.34. The summed E-state index contributed by atoms with van der Waals surface area (Å²) >= 11 is 0. The van der Waals surface area contributed by atoms with Gasteiger partial charge in [0.05, 0.1) is 20.6 Å². The van der Waals surface area contributed by atoms with E-state index in [9.17, 15) is 5.11 Å². The van der Waals surface area contributed by atoms with Gasteiger partial charge in [0, 0.05) is 13.1 Å². The lowest BCUT2D eigenvalue weighted by atomic mass is 10.2. The van der Waals surface area contributed by atoms with E-state index < -0.39 is 6.09 Å². The third-order valence-electron chi connectivity index (χ3n) is 2.52. The number of aromatic hydroxyl groups is 1. The molecule has 0 fully saturated rings. The Kier molecular flexibility index (Phi) is 9.64. The van der Waals surface area contributed by atoms with Gasteiger partial charge in [0.1, 0.15) is 17.5 Å². The van der Waals surface area contributed by atoms with Gasteiger partial charge >= 0.3 is 0 Å². The molecule has 0 aliphatic rings. The molecule has 1 aromatic rings. The molecule has 18 heavy (non-hydrogen) atoms. The highest BCUT2D eigenvalue weighted by Gasteiger charge is 2.15. The summed E-state index contributed by atoms with van der Waals surface area (Å²) in [6.45, 7) is 3.15. The molecule has 0 bridgehead atoms. The van der Waals surface area contributed by atoms with E-state index in [1.54, 1.807) is 6.07 Å². The predicted molar refractivity (Wildman–Crippen MR) is 82.2 cm³/mol. The summed E-state index contributed by atoms with van der Waals surface area (Å²) < 4.78 is 0.800. The number of phenolic OH excluding ortho intramolecular Hbond substituents is 1. The number of carbonyl (C=O) groups is 1. The highest BCUT2D eigenvalue weighted by molar-refractivity contribution is 14.0. The van der Waals surface area contributed by atoms with Crippen molar-refractivity contribution in [1.82, 2.24) is 9.80 Å². The van der Waals surface area contributed by atoms with Crippen LogP contribution < -0.4 is 14.9 Å². The van der Waals surface area contributed by atoms with Gasteiger partial charge < -0.3 is 20.3 Å². The smallest absolute Gasteiger partial charge is 0.136 e. The monoisotopic (exact) mass is 368 g/mol. The van der Waals surface area contributed by atoms with E-state index in [0.717, 1.165) is 16.7 Å². The van der Waals surface area contributed by atoms with Crippen molar-refractivity contribution in [3.63, 3.8) is 0 Å². The first kappa shape index (κ1) is 19.3. The molecule has 1 rings (SSSR count). The topological polar surface area (TPSA) is 72.4 Å². The largest absolute Gasteiger partial charge is 0.530 e. The Morgan fingerprint density at radius 2 is 1.94 bits per heavy atom. The number of quaternary nitrogens is 1. The Bertz CT molecular complexity index is 370. The van der Waals surface area contributed by atoms with Crippen LogP contribution >= 0.6 is 24.0 Å². The van der Waals surface area contributed by atoms with Crippen LogP contribution in [0.2, 0.25) is 0 Å². The molecule has 0 spiro atoms. The van der Waals surface area contributed by atoms with Crippen molar-refractivity contribution in [2.75, 3.05) is 27.7 Å². The molecule has 0 radical (unpaired) electrons. The Balaban J connectivity index is 0. The number of hydrogen-bond acceptors (Lipinski definition) is 3. The van der Waals surface area contributed by atoms with Crippen LogP contribution in [0.1, 0.15) is 6.92 Å². The van der Waals surface area contributed by atoms with Gasteiger partial charge in [0.25, 0.3) is 0 Å². The van der Waals surface area contributed by atoms with Crippen molar-refractivity contribution in [1.29, 1.82) is 0 Å². The summed E-state index contributed by atoms with van der Waals surface area (Å²) in [5, 5.41) is 20.2. The Morgan fingerprint density at radius 3 is 2.28 bits per heavy atom. The number of nitrogens with one attached hydrogen (secondary N) is 1. The second-order valence-electron chi connectivity index (χ2n) is 4.06. The normalized spacial score (nSPS) is 9.56. The standard InChI is InChI=1S/C10H15NO.C2H5NO2.HI/c1-4-11(2,3)9-6-5-7-10(12)8-9;1-3-2(4)5;/h5-8H,4H2,1-3H3;3H,1H3,(H,4,5);1H. The Hall–Kier alpha value is -1.02. The van der Waals surface area contributed by atoms with E-state index in [4.69, 9.17) is 9.90 Å². The maximum absolute atomic E-state index is 9.26. The zero-order valence-corrected chi connectivity index (χ0v) is 13.5. The maximum atomic E-state index is 9.26. The van der Waals surface area contributed by atoms with Crippen molar-refractivity contribution in [2.45, 2.75) is 6.92 Å². The van der Waals surface area contributed by atoms with Gasteiger partial charge in [-0.05, 0) is 19.1 Å². The minimum atomic E-state index is -1.25. The van der Waals surface area contributed by atoms with Gasteiger partial charge in [-0.3, -0.25) is 4.48 Å². The van der Waals surface area contributed by atoms with Gasteiger partial charge in [-0.25, -0.2) is 0 Å². The van der Waals surface area contributed by atoms with Gasteiger partial charge in [-0.1, -0.05) is 6.07 Å². The number of phenols is 1. The fourth-order valence-corrected chi connectivity index (χ4v) is 1.05. The molecule has 1 aromatic carbocycles. The van der Waals surface area contributed by atoms with E-state index in [2.05, 4.69) is 21.0 Å². The quantitative estimate of drug-likeness (QED) is 0.608. The minimum absolute atomic E-state index is 0. The van der Waals surface area contributed by atoms with Crippen LogP contribution in [0.3, 0.4) is 0 Å². The number of amides is 1. The molecule has 0 saturated heterocycles. The number of nitrogens with zero attached hydrogens (tertiary/aromatic N) is 1. The average Bonchev–Trinajstić information content (AvgIpc) is 2.30. The summed E-state index contributed by atoms with van der Waals surface area (Å²) in [5.74, 6) is 0.340. The Morgan fingerprint density at radius 1 is 1.44 bits per heavy atom. The number of benzene rings is 1. The second-order valence-corrected chi connectivity index (χ2v) is 4.06. The second kappa shape index (κ2) is 8.98. The fraction of sp³-hybridized carbons (Fsp3) is 0.417. The molecule has 1 amide bonds. The number of carboxylic acid groups (broad SMARTS) is 1. The van der Waals surface area contributed by atoms with Crippen molar-refractivity contribution < 1.29 is 15.0 Å². The zero-order valence-electron chi connectivity index (χ0n) is 11.1. The molecule has 0 atom stereocenters. The molecule has 0 aliphatic heterocycles. The highest BCUT2D eigenvalue weighted by Crippen LogP contribution is 2.22. The third kappa shape index (κ3) is 7.33. The van der Waals surface area contributed by atoms with Crippen molar-refractivity contribution >= 4 is 35.8 Å². The van der Waals surface area contributed by atoms with Gasteiger partial charge in [0.15, 0.2) is 0 Å². The van der Waals surface area contributed by atoms with E-state index in [0.29, 0.717) is 5.75 Å². The summed E-state index contributed by atoms with van der Waals surface area (Å²) in [5.41, 5.74) is 1.14. The summed E-state index contributed by atoms with van der Waals surface area (Å²) in [6.07, 6.45) is -1.25. The van der Waals surface area contributed by atoms with E-state index in [-0.39, 0.29) is 24.0 Å². The SMILES string of the molecule is CC[N+](C)(C)c1cccc(O)c1.CNC(=O)[O-].I. The fourth-order valence-electron chi connectivity index (χ4n) is 1.05. The van der Waals surface area contributed by atoms with Crippen LogP contribution in [0.5, 0.6) is 5.75 Å².